The maximum absolute atomic E-state index is 12.2. The molecular formula is C20H29N3O2. The molecule has 0 saturated heterocycles. The Kier molecular flexibility index (Phi) is 6.08. The molecule has 5 nitrogen and oxygen atoms in total. The average Bonchev–Trinajstić information content (AvgIpc) is 3.08. The molecule has 2 aromatic rings. The third-order valence-electron chi connectivity index (χ3n) is 5.49. The zero-order chi connectivity index (χ0) is 17.6. The van der Waals surface area contributed by atoms with Gasteiger partial charge in [0.25, 0.3) is 5.56 Å². The summed E-state index contributed by atoms with van der Waals surface area (Å²) in [5.41, 5.74) is 2.11. The molecule has 0 spiro atoms. The summed E-state index contributed by atoms with van der Waals surface area (Å²) in [5, 5.41) is 3.45. The molecule has 1 saturated carbocycles. The van der Waals surface area contributed by atoms with Crippen molar-refractivity contribution in [2.75, 3.05) is 14.2 Å². The molecule has 3 rings (SSSR count). The Morgan fingerprint density at radius 1 is 1.28 bits per heavy atom. The van der Waals surface area contributed by atoms with Crippen molar-refractivity contribution in [1.82, 2.24) is 15.3 Å². The molecular weight excluding hydrogens is 314 g/mol. The van der Waals surface area contributed by atoms with Crippen LogP contribution in [-0.2, 0) is 6.42 Å². The van der Waals surface area contributed by atoms with Gasteiger partial charge in [0.05, 0.1) is 18.1 Å². The fraction of sp³-hybridized carbons (Fsp3) is 0.600. The van der Waals surface area contributed by atoms with Gasteiger partial charge in [-0.1, -0.05) is 19.3 Å². The maximum Gasteiger partial charge on any atom is 0.270 e. The maximum atomic E-state index is 12.2. The lowest BCUT2D eigenvalue weighted by Gasteiger charge is -2.18. The van der Waals surface area contributed by atoms with Gasteiger partial charge in [-0.15, -0.1) is 0 Å². The molecule has 1 aliphatic carbocycles. The van der Waals surface area contributed by atoms with Crippen LogP contribution < -0.4 is 15.6 Å². The standard InChI is InChI=1S/C20H29N3O2/c1-21-16-10-6-8-14(16)7-4-3-5-9-18-20(24)23-19-13-15(25-2)11-12-17(19)22-18/h11-14,16,21H,3-10H2,1-2H3,(H,23,24). The third-order valence-corrected chi connectivity index (χ3v) is 5.49. The highest BCUT2D eigenvalue weighted by atomic mass is 16.5. The minimum Gasteiger partial charge on any atom is -0.497 e. The SMILES string of the molecule is CNC1CCCC1CCCCCc1nc2ccc(OC)cc2[nH]c1=O. The van der Waals surface area contributed by atoms with E-state index in [2.05, 4.69) is 22.3 Å². The summed E-state index contributed by atoms with van der Waals surface area (Å²) in [5.74, 6) is 1.56. The molecule has 25 heavy (non-hydrogen) atoms. The van der Waals surface area contributed by atoms with E-state index in [0.29, 0.717) is 11.7 Å². The minimum absolute atomic E-state index is 0.0770. The molecule has 2 N–H and O–H groups in total. The second kappa shape index (κ2) is 8.48. The van der Waals surface area contributed by atoms with Crippen LogP contribution in [0.4, 0.5) is 0 Å². The number of methoxy groups -OCH3 is 1. The predicted octanol–water partition coefficient (Wildman–Crippen LogP) is 3.42. The van der Waals surface area contributed by atoms with E-state index in [1.54, 1.807) is 7.11 Å². The summed E-state index contributed by atoms with van der Waals surface area (Å²) in [6.45, 7) is 0. The number of aryl methyl sites for hydroxylation is 1. The number of fused-ring (bicyclic) bond motifs is 1. The van der Waals surface area contributed by atoms with Crippen LogP contribution in [-0.4, -0.2) is 30.2 Å². The topological polar surface area (TPSA) is 67.0 Å². The molecule has 5 heteroatoms. The predicted molar refractivity (Wildman–Crippen MR) is 101 cm³/mol. The van der Waals surface area contributed by atoms with Gasteiger partial charge in [-0.2, -0.15) is 0 Å². The largest absolute Gasteiger partial charge is 0.497 e. The lowest BCUT2D eigenvalue weighted by atomic mass is 9.96. The monoisotopic (exact) mass is 343 g/mol. The number of hydrogen-bond acceptors (Lipinski definition) is 4. The number of rotatable bonds is 8. The quantitative estimate of drug-likeness (QED) is 0.721. The molecule has 1 heterocycles. The van der Waals surface area contributed by atoms with E-state index < -0.39 is 0 Å². The van der Waals surface area contributed by atoms with Crippen LogP contribution in [0.15, 0.2) is 23.0 Å². The molecule has 2 unspecified atom stereocenters. The van der Waals surface area contributed by atoms with Gasteiger partial charge >= 0.3 is 0 Å². The summed E-state index contributed by atoms with van der Waals surface area (Å²) in [7, 11) is 3.70. The van der Waals surface area contributed by atoms with Gasteiger partial charge in [0.15, 0.2) is 0 Å². The van der Waals surface area contributed by atoms with Gasteiger partial charge < -0.3 is 15.0 Å². The van der Waals surface area contributed by atoms with Crippen molar-refractivity contribution >= 4 is 11.0 Å². The minimum atomic E-state index is -0.0770. The Bertz CT molecular complexity index is 756. The van der Waals surface area contributed by atoms with Gasteiger partial charge in [0.1, 0.15) is 11.4 Å². The number of aromatic nitrogens is 2. The van der Waals surface area contributed by atoms with Crippen LogP contribution in [0.25, 0.3) is 11.0 Å². The molecule has 1 aromatic carbocycles. The Balaban J connectivity index is 1.51. The summed E-state index contributed by atoms with van der Waals surface area (Å²) in [6.07, 6.45) is 9.51. The molecule has 0 amide bonds. The van der Waals surface area contributed by atoms with Crippen molar-refractivity contribution < 1.29 is 4.74 Å². The number of unbranched alkanes of at least 4 members (excludes halogenated alkanes) is 2. The first-order chi connectivity index (χ1) is 12.2. The van der Waals surface area contributed by atoms with E-state index >= 15 is 0 Å². The van der Waals surface area contributed by atoms with E-state index in [9.17, 15) is 4.79 Å². The third kappa shape index (κ3) is 4.40. The second-order valence-electron chi connectivity index (χ2n) is 7.08. The van der Waals surface area contributed by atoms with Crippen LogP contribution in [0.5, 0.6) is 5.75 Å². The zero-order valence-electron chi connectivity index (χ0n) is 15.3. The molecule has 2 atom stereocenters. The van der Waals surface area contributed by atoms with Crippen molar-refractivity contribution in [2.24, 2.45) is 5.92 Å². The van der Waals surface area contributed by atoms with Crippen LogP contribution in [0.2, 0.25) is 0 Å². The van der Waals surface area contributed by atoms with Crippen molar-refractivity contribution in [1.29, 1.82) is 0 Å². The molecule has 1 aliphatic rings. The second-order valence-corrected chi connectivity index (χ2v) is 7.08. The van der Waals surface area contributed by atoms with Gasteiger partial charge in [-0.25, -0.2) is 4.98 Å². The average molecular weight is 343 g/mol. The summed E-state index contributed by atoms with van der Waals surface area (Å²) in [4.78, 5) is 19.7. The number of ether oxygens (including phenoxy) is 1. The number of nitrogens with one attached hydrogen (secondary N) is 2. The number of aromatic amines is 1. The van der Waals surface area contributed by atoms with Gasteiger partial charge in [0, 0.05) is 12.1 Å². The highest BCUT2D eigenvalue weighted by molar-refractivity contribution is 5.75. The molecule has 1 aromatic heterocycles. The zero-order valence-corrected chi connectivity index (χ0v) is 15.3. The van der Waals surface area contributed by atoms with Crippen LogP contribution >= 0.6 is 0 Å². The molecule has 0 aliphatic heterocycles. The van der Waals surface area contributed by atoms with Crippen LogP contribution in [0.1, 0.15) is 50.6 Å². The first-order valence-electron chi connectivity index (χ1n) is 9.45. The smallest absolute Gasteiger partial charge is 0.270 e. The van der Waals surface area contributed by atoms with E-state index in [4.69, 9.17) is 4.74 Å². The number of hydrogen-bond donors (Lipinski definition) is 2. The highest BCUT2D eigenvalue weighted by Crippen LogP contribution is 2.29. The summed E-state index contributed by atoms with van der Waals surface area (Å²) in [6, 6.07) is 6.29. The molecule has 1 fully saturated rings. The first-order valence-corrected chi connectivity index (χ1v) is 9.45. The van der Waals surface area contributed by atoms with Crippen molar-refractivity contribution in [2.45, 2.75) is 57.4 Å². The molecule has 136 valence electrons. The van der Waals surface area contributed by atoms with Gasteiger partial charge in [0.2, 0.25) is 0 Å². The van der Waals surface area contributed by atoms with E-state index in [-0.39, 0.29) is 5.56 Å². The highest BCUT2D eigenvalue weighted by Gasteiger charge is 2.24. The first kappa shape index (κ1) is 17.9. The number of benzene rings is 1. The van der Waals surface area contributed by atoms with Crippen LogP contribution in [0.3, 0.4) is 0 Å². The van der Waals surface area contributed by atoms with E-state index in [0.717, 1.165) is 42.0 Å². The van der Waals surface area contributed by atoms with Crippen molar-refractivity contribution in [3.8, 4) is 5.75 Å². The Morgan fingerprint density at radius 2 is 2.16 bits per heavy atom. The van der Waals surface area contributed by atoms with Crippen LogP contribution in [0, 0.1) is 5.92 Å². The lowest BCUT2D eigenvalue weighted by molar-refractivity contribution is 0.384. The number of nitrogens with zero attached hydrogens (tertiary/aromatic N) is 1. The normalized spacial score (nSPS) is 20.2. The lowest BCUT2D eigenvalue weighted by Crippen LogP contribution is -2.28. The Morgan fingerprint density at radius 3 is 2.96 bits per heavy atom. The summed E-state index contributed by atoms with van der Waals surface area (Å²) >= 11 is 0. The van der Waals surface area contributed by atoms with Gasteiger partial charge in [-0.3, -0.25) is 4.79 Å². The number of H-pyrrole nitrogens is 1. The molecule has 0 radical (unpaired) electrons. The Labute approximate surface area is 149 Å². The van der Waals surface area contributed by atoms with E-state index in [1.165, 1.54) is 32.1 Å². The fourth-order valence-corrected chi connectivity index (χ4v) is 4.04. The molecule has 0 bridgehead atoms. The van der Waals surface area contributed by atoms with Crippen molar-refractivity contribution in [3.05, 3.63) is 34.2 Å². The van der Waals surface area contributed by atoms with Crippen molar-refractivity contribution in [3.63, 3.8) is 0 Å². The van der Waals surface area contributed by atoms with E-state index in [1.807, 2.05) is 18.2 Å². The Hall–Kier alpha value is -1.88. The fourth-order valence-electron chi connectivity index (χ4n) is 4.04. The summed E-state index contributed by atoms with van der Waals surface area (Å²) < 4.78 is 5.19. The van der Waals surface area contributed by atoms with Gasteiger partial charge in [-0.05, 0) is 57.2 Å².